The average Bonchev–Trinajstić information content (AvgIpc) is 2.63. The highest BCUT2D eigenvalue weighted by molar-refractivity contribution is 7.98. The van der Waals surface area contributed by atoms with Crippen molar-refractivity contribution in [2.75, 3.05) is 11.2 Å². The third-order valence-corrected chi connectivity index (χ3v) is 5.01. The second-order valence-corrected chi connectivity index (χ2v) is 6.97. The smallest absolute Gasteiger partial charge is 0.251 e. The van der Waals surface area contributed by atoms with Crippen LogP contribution < -0.4 is 10.2 Å². The van der Waals surface area contributed by atoms with E-state index in [2.05, 4.69) is 10.3 Å². The number of hydrogen-bond donors (Lipinski definition) is 1. The van der Waals surface area contributed by atoms with Crippen LogP contribution in [0.2, 0.25) is 0 Å². The van der Waals surface area contributed by atoms with Gasteiger partial charge in [-0.15, -0.1) is 11.8 Å². The van der Waals surface area contributed by atoms with E-state index in [1.54, 1.807) is 23.9 Å². The van der Waals surface area contributed by atoms with Crippen molar-refractivity contribution in [3.05, 3.63) is 54.1 Å². The Morgan fingerprint density at radius 2 is 1.85 bits per heavy atom. The molecule has 2 aromatic rings. The van der Waals surface area contributed by atoms with Crippen LogP contribution in [0.1, 0.15) is 5.56 Å². The minimum absolute atomic E-state index is 0.0815. The summed E-state index contributed by atoms with van der Waals surface area (Å²) in [6.07, 6.45) is 3.33. The molecule has 2 amide bonds. The Bertz CT molecular complexity index is 894. The standard InChI is InChI=1S/C19H17N3O2S2/c1-12-7-9-13(10-8-12)22-18(24)14(17(23)21-19(22)25)11-20-15-5-3-4-6-16(15)26-2/h3-11,14H,1-2H3,(H,21,23,25)/t14-/m1/s1. The summed E-state index contributed by atoms with van der Waals surface area (Å²) < 4.78 is 0. The summed E-state index contributed by atoms with van der Waals surface area (Å²) in [4.78, 5) is 31.9. The fourth-order valence-corrected chi connectivity index (χ4v) is 3.39. The van der Waals surface area contributed by atoms with Gasteiger partial charge in [-0.2, -0.15) is 0 Å². The Morgan fingerprint density at radius 1 is 1.15 bits per heavy atom. The number of para-hydroxylation sites is 1. The lowest BCUT2D eigenvalue weighted by atomic mass is 10.1. The summed E-state index contributed by atoms with van der Waals surface area (Å²) >= 11 is 6.74. The summed E-state index contributed by atoms with van der Waals surface area (Å²) in [5, 5.41) is 2.67. The zero-order valence-corrected chi connectivity index (χ0v) is 15.9. The van der Waals surface area contributed by atoms with Crippen LogP contribution in [0.25, 0.3) is 0 Å². The van der Waals surface area contributed by atoms with Crippen LogP contribution >= 0.6 is 24.0 Å². The highest BCUT2D eigenvalue weighted by Crippen LogP contribution is 2.28. The molecule has 26 heavy (non-hydrogen) atoms. The first-order valence-corrected chi connectivity index (χ1v) is 9.57. The molecule has 1 aliphatic rings. The van der Waals surface area contributed by atoms with Crippen LogP contribution in [0.15, 0.2) is 58.4 Å². The first kappa shape index (κ1) is 18.3. The maximum atomic E-state index is 12.9. The van der Waals surface area contributed by atoms with Crippen molar-refractivity contribution >= 4 is 58.5 Å². The van der Waals surface area contributed by atoms with Crippen molar-refractivity contribution in [2.45, 2.75) is 11.8 Å². The van der Waals surface area contributed by atoms with E-state index in [4.69, 9.17) is 12.2 Å². The van der Waals surface area contributed by atoms with E-state index < -0.39 is 17.7 Å². The van der Waals surface area contributed by atoms with Crippen LogP contribution in [-0.4, -0.2) is 29.4 Å². The zero-order chi connectivity index (χ0) is 18.7. The fourth-order valence-electron chi connectivity index (χ4n) is 2.55. The van der Waals surface area contributed by atoms with Crippen molar-refractivity contribution in [2.24, 2.45) is 10.9 Å². The van der Waals surface area contributed by atoms with E-state index in [0.29, 0.717) is 5.69 Å². The summed E-state index contributed by atoms with van der Waals surface area (Å²) in [6.45, 7) is 1.96. The molecular formula is C19H17N3O2S2. The number of hydrogen-bond acceptors (Lipinski definition) is 5. The van der Waals surface area contributed by atoms with Gasteiger partial charge in [-0.05, 0) is 49.7 Å². The van der Waals surface area contributed by atoms with E-state index in [1.807, 2.05) is 49.6 Å². The van der Waals surface area contributed by atoms with E-state index in [9.17, 15) is 9.59 Å². The van der Waals surface area contributed by atoms with E-state index >= 15 is 0 Å². The van der Waals surface area contributed by atoms with Gasteiger partial charge in [0.2, 0.25) is 5.91 Å². The lowest BCUT2D eigenvalue weighted by molar-refractivity contribution is -0.130. The third-order valence-electron chi connectivity index (χ3n) is 3.94. The highest BCUT2D eigenvalue weighted by Gasteiger charge is 2.38. The van der Waals surface area contributed by atoms with Gasteiger partial charge in [0.25, 0.3) is 5.91 Å². The number of nitrogens with zero attached hydrogens (tertiary/aromatic N) is 2. The first-order valence-electron chi connectivity index (χ1n) is 7.94. The second kappa shape index (κ2) is 7.80. The molecule has 0 radical (unpaired) electrons. The van der Waals surface area contributed by atoms with Crippen LogP contribution in [0.5, 0.6) is 0 Å². The largest absolute Gasteiger partial charge is 0.301 e. The summed E-state index contributed by atoms with van der Waals surface area (Å²) in [5.74, 6) is -1.90. The molecule has 0 saturated carbocycles. The third kappa shape index (κ3) is 3.68. The Kier molecular flexibility index (Phi) is 5.49. The lowest BCUT2D eigenvalue weighted by Gasteiger charge is -2.31. The first-order chi connectivity index (χ1) is 12.5. The number of benzene rings is 2. The molecule has 0 aliphatic carbocycles. The molecule has 1 aliphatic heterocycles. The molecule has 7 heteroatoms. The van der Waals surface area contributed by atoms with E-state index in [0.717, 1.165) is 16.1 Å². The number of amides is 2. The van der Waals surface area contributed by atoms with Gasteiger partial charge in [-0.3, -0.25) is 19.5 Å². The Balaban J connectivity index is 1.90. The monoisotopic (exact) mass is 383 g/mol. The van der Waals surface area contributed by atoms with Gasteiger partial charge in [-0.1, -0.05) is 29.8 Å². The van der Waals surface area contributed by atoms with Crippen molar-refractivity contribution in [1.82, 2.24) is 5.32 Å². The number of carbonyl (C=O) groups excluding carboxylic acids is 2. The van der Waals surface area contributed by atoms with Crippen LogP contribution in [-0.2, 0) is 9.59 Å². The van der Waals surface area contributed by atoms with Gasteiger partial charge in [0.15, 0.2) is 11.0 Å². The predicted molar refractivity (Wildman–Crippen MR) is 109 cm³/mol. The molecule has 2 aromatic carbocycles. The van der Waals surface area contributed by atoms with Gasteiger partial charge in [0.05, 0.1) is 11.4 Å². The number of anilines is 1. The van der Waals surface area contributed by atoms with E-state index in [-0.39, 0.29) is 5.11 Å². The molecule has 3 rings (SSSR count). The van der Waals surface area contributed by atoms with Crippen molar-refractivity contribution in [3.8, 4) is 0 Å². The summed E-state index contributed by atoms with van der Waals surface area (Å²) in [5.41, 5.74) is 2.41. The zero-order valence-electron chi connectivity index (χ0n) is 14.3. The molecule has 1 atom stereocenters. The molecule has 0 spiro atoms. The Labute approximate surface area is 161 Å². The highest BCUT2D eigenvalue weighted by atomic mass is 32.2. The van der Waals surface area contributed by atoms with Gasteiger partial charge in [0.1, 0.15) is 0 Å². The fraction of sp³-hybridized carbons (Fsp3) is 0.158. The number of aryl methyl sites for hydroxylation is 1. The molecule has 0 aromatic heterocycles. The van der Waals surface area contributed by atoms with Crippen molar-refractivity contribution in [1.29, 1.82) is 0 Å². The van der Waals surface area contributed by atoms with Gasteiger partial charge >= 0.3 is 0 Å². The minimum Gasteiger partial charge on any atom is -0.301 e. The normalized spacial score (nSPS) is 17.7. The average molecular weight is 383 g/mol. The Morgan fingerprint density at radius 3 is 2.54 bits per heavy atom. The second-order valence-electron chi connectivity index (χ2n) is 5.73. The van der Waals surface area contributed by atoms with Gasteiger partial charge in [0, 0.05) is 11.1 Å². The molecule has 0 bridgehead atoms. The summed E-state index contributed by atoms with van der Waals surface area (Å²) in [7, 11) is 0. The molecule has 0 unspecified atom stereocenters. The molecule has 1 fully saturated rings. The van der Waals surface area contributed by atoms with E-state index in [1.165, 1.54) is 11.1 Å². The SMILES string of the molecule is CSc1ccccc1N=C[C@@H]1C(=O)NC(=S)N(c2ccc(C)cc2)C1=O. The number of carbonyl (C=O) groups is 2. The number of aliphatic imine (C=N–C) groups is 1. The lowest BCUT2D eigenvalue weighted by Crippen LogP contribution is -2.58. The maximum Gasteiger partial charge on any atom is 0.251 e. The maximum absolute atomic E-state index is 12.9. The number of thioether (sulfide) groups is 1. The number of rotatable bonds is 4. The van der Waals surface area contributed by atoms with Crippen molar-refractivity contribution < 1.29 is 9.59 Å². The molecule has 5 nitrogen and oxygen atoms in total. The quantitative estimate of drug-likeness (QED) is 0.380. The number of thiocarbonyl (C=S) groups is 1. The molecule has 132 valence electrons. The predicted octanol–water partition coefficient (Wildman–Crippen LogP) is 3.48. The molecule has 1 N–H and O–H groups in total. The van der Waals surface area contributed by atoms with Crippen LogP contribution in [0, 0.1) is 12.8 Å². The van der Waals surface area contributed by atoms with Crippen LogP contribution in [0.3, 0.4) is 0 Å². The molecular weight excluding hydrogens is 366 g/mol. The number of nitrogens with one attached hydrogen (secondary N) is 1. The van der Waals surface area contributed by atoms with Crippen molar-refractivity contribution in [3.63, 3.8) is 0 Å². The Hall–Kier alpha value is -2.51. The van der Waals surface area contributed by atoms with Gasteiger partial charge < -0.3 is 5.32 Å². The molecule has 1 heterocycles. The van der Waals surface area contributed by atoms with Gasteiger partial charge in [-0.25, -0.2) is 0 Å². The summed E-state index contributed by atoms with van der Waals surface area (Å²) in [6, 6.07) is 14.9. The molecule has 1 saturated heterocycles. The topological polar surface area (TPSA) is 61.8 Å². The van der Waals surface area contributed by atoms with Crippen LogP contribution in [0.4, 0.5) is 11.4 Å². The minimum atomic E-state index is -1.03.